The van der Waals surface area contributed by atoms with Gasteiger partial charge in [0.2, 0.25) is 0 Å². The second-order valence-electron chi connectivity index (χ2n) is 10.5. The van der Waals surface area contributed by atoms with Gasteiger partial charge in [0.05, 0.1) is 18.4 Å². The van der Waals surface area contributed by atoms with E-state index in [0.717, 1.165) is 72.1 Å². The molecule has 6 rings (SSSR count). The van der Waals surface area contributed by atoms with Crippen molar-refractivity contribution in [2.75, 3.05) is 42.5 Å². The lowest BCUT2D eigenvalue weighted by Crippen LogP contribution is -2.46. The van der Waals surface area contributed by atoms with Gasteiger partial charge in [0.25, 0.3) is 5.56 Å². The molecular formula is C27H35N7OS. The first kappa shape index (κ1) is 23.6. The first-order valence-corrected chi connectivity index (χ1v) is 14.2. The third-order valence-corrected chi connectivity index (χ3v) is 8.92. The summed E-state index contributed by atoms with van der Waals surface area (Å²) in [6.45, 7) is 7.25. The molecule has 1 aliphatic carbocycles. The van der Waals surface area contributed by atoms with Crippen LogP contribution >= 0.6 is 11.3 Å². The smallest absolute Gasteiger partial charge is 0.253 e. The van der Waals surface area contributed by atoms with E-state index in [0.29, 0.717) is 6.04 Å². The summed E-state index contributed by atoms with van der Waals surface area (Å²) >= 11 is 1.58. The van der Waals surface area contributed by atoms with Gasteiger partial charge in [0.15, 0.2) is 0 Å². The van der Waals surface area contributed by atoms with Crippen molar-refractivity contribution in [2.24, 2.45) is 5.92 Å². The van der Waals surface area contributed by atoms with Gasteiger partial charge in [0.1, 0.15) is 16.5 Å². The zero-order valence-corrected chi connectivity index (χ0v) is 21.8. The maximum Gasteiger partial charge on any atom is 0.253 e. The molecule has 3 aliphatic rings. The average molecular weight is 506 g/mol. The lowest BCUT2D eigenvalue weighted by atomic mass is 10.0. The molecule has 0 radical (unpaired) electrons. The molecule has 0 aromatic carbocycles. The number of hydrogen-bond acceptors (Lipinski definition) is 8. The monoisotopic (exact) mass is 505 g/mol. The summed E-state index contributed by atoms with van der Waals surface area (Å²) in [5.74, 6) is 1.81. The summed E-state index contributed by atoms with van der Waals surface area (Å²) in [4.78, 5) is 32.7. The largest absolute Gasteiger partial charge is 0.370 e. The second-order valence-corrected chi connectivity index (χ2v) is 11.5. The van der Waals surface area contributed by atoms with E-state index in [2.05, 4.69) is 38.1 Å². The Labute approximate surface area is 216 Å². The zero-order valence-electron chi connectivity index (χ0n) is 21.0. The molecule has 1 unspecified atom stereocenters. The third-order valence-electron chi connectivity index (χ3n) is 7.73. The van der Waals surface area contributed by atoms with Crippen molar-refractivity contribution in [2.45, 2.75) is 57.5 Å². The molecule has 5 heterocycles. The summed E-state index contributed by atoms with van der Waals surface area (Å²) < 4.78 is 1.81. The van der Waals surface area contributed by atoms with Crippen molar-refractivity contribution in [3.63, 3.8) is 0 Å². The SMILES string of the molecule is CC(c1cnc(-c2cncc(N3CCCC3)n2)s1)n1ccc(N2CCC[C@@H](NCC3CC3)C2)cc1=O. The van der Waals surface area contributed by atoms with E-state index >= 15 is 0 Å². The zero-order chi connectivity index (χ0) is 24.5. The Morgan fingerprint density at radius 1 is 1.08 bits per heavy atom. The summed E-state index contributed by atoms with van der Waals surface area (Å²) in [6.07, 6.45) is 15.0. The van der Waals surface area contributed by atoms with E-state index in [1.807, 2.05) is 18.6 Å². The number of thiazole rings is 1. The number of aromatic nitrogens is 4. The third kappa shape index (κ3) is 5.18. The van der Waals surface area contributed by atoms with Gasteiger partial charge in [-0.1, -0.05) is 0 Å². The lowest BCUT2D eigenvalue weighted by molar-refractivity contribution is 0.416. The van der Waals surface area contributed by atoms with Crippen LogP contribution < -0.4 is 20.7 Å². The van der Waals surface area contributed by atoms with Crippen LogP contribution in [0.5, 0.6) is 0 Å². The Hall–Kier alpha value is -2.78. The number of pyridine rings is 1. The van der Waals surface area contributed by atoms with Crippen molar-refractivity contribution in [3.8, 4) is 10.7 Å². The topological polar surface area (TPSA) is 79.2 Å². The predicted molar refractivity (Wildman–Crippen MR) is 145 cm³/mol. The Balaban J connectivity index is 1.15. The van der Waals surface area contributed by atoms with Gasteiger partial charge in [0, 0.05) is 61.2 Å². The maximum atomic E-state index is 13.1. The van der Waals surface area contributed by atoms with E-state index in [9.17, 15) is 4.79 Å². The standard InChI is InChI=1S/C27H35N7OS/c1-19(24-16-30-27(36-24)23-15-28-17-25(31-23)32-9-2-3-10-32)34-12-8-22(13-26(34)35)33-11-4-5-21(18-33)29-14-20-6-7-20/h8,12-13,15-17,19-21,29H,2-7,9-11,14,18H2,1H3/t19?,21-/m1/s1. The molecule has 190 valence electrons. The van der Waals surface area contributed by atoms with Crippen LogP contribution in [0, 0.1) is 5.92 Å². The van der Waals surface area contributed by atoms with Crippen LogP contribution in [0.15, 0.2) is 41.7 Å². The van der Waals surface area contributed by atoms with Crippen LogP contribution in [-0.4, -0.2) is 58.3 Å². The molecule has 8 nitrogen and oxygen atoms in total. The maximum absolute atomic E-state index is 13.1. The average Bonchev–Trinajstić information content (AvgIpc) is 3.35. The minimum absolute atomic E-state index is 0.0267. The first-order chi connectivity index (χ1) is 17.6. The molecule has 3 aromatic rings. The van der Waals surface area contributed by atoms with E-state index in [1.165, 1.54) is 32.1 Å². The first-order valence-electron chi connectivity index (χ1n) is 13.4. The summed E-state index contributed by atoms with van der Waals surface area (Å²) in [5, 5.41) is 4.58. The fourth-order valence-corrected chi connectivity index (χ4v) is 6.24. The summed E-state index contributed by atoms with van der Waals surface area (Å²) in [6, 6.07) is 4.31. The summed E-state index contributed by atoms with van der Waals surface area (Å²) in [7, 11) is 0. The highest BCUT2D eigenvalue weighted by Crippen LogP contribution is 2.31. The van der Waals surface area contributed by atoms with Gasteiger partial charge in [-0.3, -0.25) is 9.78 Å². The van der Waals surface area contributed by atoms with Crippen LogP contribution in [0.2, 0.25) is 0 Å². The van der Waals surface area contributed by atoms with Crippen molar-refractivity contribution in [1.29, 1.82) is 0 Å². The molecule has 3 aromatic heterocycles. The van der Waals surface area contributed by atoms with Crippen LogP contribution in [0.1, 0.15) is 56.4 Å². The summed E-state index contributed by atoms with van der Waals surface area (Å²) in [5.41, 5.74) is 1.85. The van der Waals surface area contributed by atoms with Gasteiger partial charge >= 0.3 is 0 Å². The van der Waals surface area contributed by atoms with Crippen LogP contribution in [0.25, 0.3) is 10.7 Å². The van der Waals surface area contributed by atoms with Crippen LogP contribution in [0.4, 0.5) is 11.5 Å². The molecule has 0 bridgehead atoms. The molecule has 1 N–H and O–H groups in total. The van der Waals surface area contributed by atoms with Gasteiger partial charge in [-0.2, -0.15) is 0 Å². The van der Waals surface area contributed by atoms with Crippen molar-refractivity contribution < 1.29 is 0 Å². The normalized spacial score (nSPS) is 21.2. The molecule has 2 atom stereocenters. The molecule has 36 heavy (non-hydrogen) atoms. The Bertz CT molecular complexity index is 1250. The molecule has 3 fully saturated rings. The quantitative estimate of drug-likeness (QED) is 0.497. The number of nitrogens with one attached hydrogen (secondary N) is 1. The number of anilines is 2. The van der Waals surface area contributed by atoms with Gasteiger partial charge in [-0.15, -0.1) is 11.3 Å². The highest BCUT2D eigenvalue weighted by molar-refractivity contribution is 7.15. The minimum Gasteiger partial charge on any atom is -0.370 e. The van der Waals surface area contributed by atoms with Crippen LogP contribution in [0.3, 0.4) is 0 Å². The molecule has 0 amide bonds. The fraction of sp³-hybridized carbons (Fsp3) is 0.556. The molecule has 1 saturated carbocycles. The highest BCUT2D eigenvalue weighted by atomic mass is 32.1. The number of piperidine rings is 1. The van der Waals surface area contributed by atoms with Gasteiger partial charge < -0.3 is 19.7 Å². The molecule has 9 heteroatoms. The van der Waals surface area contributed by atoms with E-state index in [1.54, 1.807) is 28.2 Å². The number of rotatable bonds is 8. The predicted octanol–water partition coefficient (Wildman–Crippen LogP) is 3.94. The Morgan fingerprint density at radius 3 is 2.72 bits per heavy atom. The second kappa shape index (κ2) is 10.3. The minimum atomic E-state index is -0.0955. The van der Waals surface area contributed by atoms with Crippen molar-refractivity contribution in [3.05, 3.63) is 52.2 Å². The van der Waals surface area contributed by atoms with Crippen molar-refractivity contribution in [1.82, 2.24) is 24.8 Å². The lowest BCUT2D eigenvalue weighted by Gasteiger charge is -2.35. The van der Waals surface area contributed by atoms with E-state index < -0.39 is 0 Å². The van der Waals surface area contributed by atoms with Gasteiger partial charge in [-0.25, -0.2) is 9.97 Å². The van der Waals surface area contributed by atoms with Crippen molar-refractivity contribution >= 4 is 22.8 Å². The Kier molecular flexibility index (Phi) is 6.75. The Morgan fingerprint density at radius 2 is 1.92 bits per heavy atom. The molecule has 0 spiro atoms. The molecule has 2 aliphatic heterocycles. The fourth-order valence-electron chi connectivity index (χ4n) is 5.32. The highest BCUT2D eigenvalue weighted by Gasteiger charge is 2.25. The van der Waals surface area contributed by atoms with E-state index in [-0.39, 0.29) is 11.6 Å². The molecule has 2 saturated heterocycles. The number of nitrogens with zero attached hydrogens (tertiary/aromatic N) is 6. The van der Waals surface area contributed by atoms with E-state index in [4.69, 9.17) is 4.98 Å². The number of hydrogen-bond donors (Lipinski definition) is 1. The van der Waals surface area contributed by atoms with Crippen LogP contribution in [-0.2, 0) is 0 Å². The molecular weight excluding hydrogens is 470 g/mol. The van der Waals surface area contributed by atoms with Gasteiger partial charge in [-0.05, 0) is 64.0 Å².